The highest BCUT2D eigenvalue weighted by molar-refractivity contribution is 7.95. The van der Waals surface area contributed by atoms with E-state index in [1.807, 2.05) is 48.5 Å². The van der Waals surface area contributed by atoms with Crippen molar-refractivity contribution >= 4 is 32.4 Å². The Balaban J connectivity index is 1.41. The minimum absolute atomic E-state index is 0.0357. The highest BCUT2D eigenvalue weighted by atomic mass is 32.2. The fourth-order valence-electron chi connectivity index (χ4n) is 4.42. The number of rotatable bonds is 6. The lowest BCUT2D eigenvalue weighted by molar-refractivity contribution is -0.385. The predicted molar refractivity (Wildman–Crippen MR) is 144 cm³/mol. The Labute approximate surface area is 223 Å². The summed E-state index contributed by atoms with van der Waals surface area (Å²) in [4.78, 5) is 15.2. The Hall–Kier alpha value is -4.96. The molecule has 4 aromatic carbocycles. The number of allylic oxidation sites excluding steroid dienone is 1. The molecule has 39 heavy (non-hydrogen) atoms. The van der Waals surface area contributed by atoms with Crippen LogP contribution in [-0.2, 0) is 16.3 Å². The SMILES string of the molecule is COc1ccc(C2=C(Cc3ccc(-c4nc5ccccc5o4)cc3)S(=O)(=O)c3ccc([N+](=O)[O-])cc3O2)cc1. The van der Waals surface area contributed by atoms with Crippen molar-refractivity contribution in [3.8, 4) is 23.0 Å². The van der Waals surface area contributed by atoms with Gasteiger partial charge in [-0.05, 0) is 60.2 Å². The topological polar surface area (TPSA) is 122 Å². The van der Waals surface area contributed by atoms with Crippen molar-refractivity contribution in [2.75, 3.05) is 7.11 Å². The molecule has 0 radical (unpaired) electrons. The van der Waals surface area contributed by atoms with Crippen LogP contribution in [0.4, 0.5) is 5.69 Å². The van der Waals surface area contributed by atoms with Gasteiger partial charge in [0.25, 0.3) is 5.69 Å². The first kappa shape index (κ1) is 24.4. The molecule has 1 aliphatic heterocycles. The Kier molecular flexibility index (Phi) is 5.88. The maximum atomic E-state index is 13.8. The number of benzene rings is 4. The van der Waals surface area contributed by atoms with E-state index < -0.39 is 14.8 Å². The number of oxazole rings is 1. The molecule has 0 saturated carbocycles. The standard InChI is InChI=1S/C29H20N2O7S/c1-36-22-13-10-19(11-14-22)28-27(39(34,35)26-15-12-21(31(32)33)17-25(26)37-28)16-18-6-8-20(9-7-18)29-30-23-4-2-3-5-24(23)38-29/h2-15,17H,16H2,1H3. The van der Waals surface area contributed by atoms with Gasteiger partial charge in [-0.15, -0.1) is 0 Å². The van der Waals surface area contributed by atoms with Gasteiger partial charge in [0.15, 0.2) is 11.3 Å². The summed E-state index contributed by atoms with van der Waals surface area (Å²) in [5, 5.41) is 11.3. The molecule has 0 saturated heterocycles. The smallest absolute Gasteiger partial charge is 0.273 e. The van der Waals surface area contributed by atoms with Gasteiger partial charge in [0.2, 0.25) is 15.7 Å². The predicted octanol–water partition coefficient (Wildman–Crippen LogP) is 6.19. The van der Waals surface area contributed by atoms with Gasteiger partial charge < -0.3 is 13.9 Å². The molecular weight excluding hydrogens is 520 g/mol. The molecule has 0 spiro atoms. The van der Waals surface area contributed by atoms with Gasteiger partial charge in [0.05, 0.1) is 23.0 Å². The van der Waals surface area contributed by atoms with Gasteiger partial charge in [-0.3, -0.25) is 10.1 Å². The zero-order valence-electron chi connectivity index (χ0n) is 20.5. The van der Waals surface area contributed by atoms with Gasteiger partial charge in [0.1, 0.15) is 21.9 Å². The Morgan fingerprint density at radius 3 is 2.33 bits per heavy atom. The van der Waals surface area contributed by atoms with E-state index in [1.54, 1.807) is 24.3 Å². The van der Waals surface area contributed by atoms with Crippen LogP contribution in [0.3, 0.4) is 0 Å². The minimum Gasteiger partial charge on any atom is -0.497 e. The van der Waals surface area contributed by atoms with Crippen molar-refractivity contribution in [3.63, 3.8) is 0 Å². The molecule has 0 aliphatic carbocycles. The zero-order chi connectivity index (χ0) is 27.1. The third-order valence-corrected chi connectivity index (χ3v) is 8.32. The number of para-hydroxylation sites is 2. The molecule has 5 aromatic rings. The normalized spacial score (nSPS) is 14.1. The van der Waals surface area contributed by atoms with E-state index >= 15 is 0 Å². The van der Waals surface area contributed by atoms with Crippen LogP contribution < -0.4 is 9.47 Å². The number of aromatic nitrogens is 1. The van der Waals surface area contributed by atoms with Crippen LogP contribution in [0, 0.1) is 10.1 Å². The van der Waals surface area contributed by atoms with Gasteiger partial charge in [-0.2, -0.15) is 0 Å². The molecule has 6 rings (SSSR count). The van der Waals surface area contributed by atoms with Crippen LogP contribution in [0.5, 0.6) is 11.5 Å². The second-order valence-corrected chi connectivity index (χ2v) is 10.8. The Bertz CT molecular complexity index is 1840. The summed E-state index contributed by atoms with van der Waals surface area (Å²) in [7, 11) is -2.52. The number of nitro groups is 1. The second-order valence-electron chi connectivity index (χ2n) is 8.83. The highest BCUT2D eigenvalue weighted by Gasteiger charge is 2.35. The first-order valence-electron chi connectivity index (χ1n) is 11.9. The van der Waals surface area contributed by atoms with Crippen LogP contribution in [-0.4, -0.2) is 25.4 Å². The molecule has 0 atom stereocenters. The third-order valence-electron chi connectivity index (χ3n) is 6.43. The summed E-state index contributed by atoms with van der Waals surface area (Å²) in [6, 6.07) is 25.0. The van der Waals surface area contributed by atoms with Crippen LogP contribution in [0.15, 0.2) is 105 Å². The monoisotopic (exact) mass is 540 g/mol. The molecular formula is C29H20N2O7S. The van der Waals surface area contributed by atoms with Crippen LogP contribution >= 0.6 is 0 Å². The Morgan fingerprint density at radius 2 is 1.64 bits per heavy atom. The summed E-state index contributed by atoms with van der Waals surface area (Å²) in [6.45, 7) is 0. The Morgan fingerprint density at radius 1 is 0.923 bits per heavy atom. The molecule has 9 nitrogen and oxygen atoms in total. The number of hydrogen-bond donors (Lipinski definition) is 0. The molecule has 1 aliphatic rings. The largest absolute Gasteiger partial charge is 0.497 e. The van der Waals surface area contributed by atoms with Gasteiger partial charge >= 0.3 is 0 Å². The molecule has 0 fully saturated rings. The summed E-state index contributed by atoms with van der Waals surface area (Å²) in [5.74, 6) is 1.06. The van der Waals surface area contributed by atoms with Crippen molar-refractivity contribution in [1.29, 1.82) is 0 Å². The second kappa shape index (κ2) is 9.41. The number of nitrogens with zero attached hydrogens (tertiary/aromatic N) is 2. The maximum absolute atomic E-state index is 13.8. The van der Waals surface area contributed by atoms with Crippen molar-refractivity contribution in [3.05, 3.63) is 117 Å². The van der Waals surface area contributed by atoms with Crippen LogP contribution in [0.2, 0.25) is 0 Å². The molecule has 2 heterocycles. The quantitative estimate of drug-likeness (QED) is 0.185. The number of ether oxygens (including phenoxy) is 2. The molecule has 0 bridgehead atoms. The summed E-state index contributed by atoms with van der Waals surface area (Å²) >= 11 is 0. The molecule has 194 valence electrons. The maximum Gasteiger partial charge on any atom is 0.273 e. The van der Waals surface area contributed by atoms with Crippen molar-refractivity contribution < 1.29 is 27.2 Å². The fraction of sp³-hybridized carbons (Fsp3) is 0.0690. The van der Waals surface area contributed by atoms with E-state index in [4.69, 9.17) is 13.9 Å². The average molecular weight is 541 g/mol. The number of hydrogen-bond acceptors (Lipinski definition) is 8. The van der Waals surface area contributed by atoms with Gasteiger partial charge in [0, 0.05) is 23.6 Å². The lowest BCUT2D eigenvalue weighted by Crippen LogP contribution is -2.18. The van der Waals surface area contributed by atoms with E-state index in [0.717, 1.165) is 23.2 Å². The molecule has 1 aromatic heterocycles. The van der Waals surface area contributed by atoms with E-state index in [-0.39, 0.29) is 33.4 Å². The number of non-ortho nitro benzene ring substituents is 1. The summed E-state index contributed by atoms with van der Waals surface area (Å²) in [5.41, 5.74) is 3.12. The van der Waals surface area contributed by atoms with Gasteiger partial charge in [-0.1, -0.05) is 24.3 Å². The van der Waals surface area contributed by atoms with Crippen LogP contribution in [0.1, 0.15) is 11.1 Å². The molecule has 0 N–H and O–H groups in total. The van der Waals surface area contributed by atoms with E-state index in [1.165, 1.54) is 13.2 Å². The van der Waals surface area contributed by atoms with E-state index in [2.05, 4.69) is 4.98 Å². The minimum atomic E-state index is -4.05. The number of sulfone groups is 1. The van der Waals surface area contributed by atoms with Gasteiger partial charge in [-0.25, -0.2) is 13.4 Å². The van der Waals surface area contributed by atoms with E-state index in [0.29, 0.717) is 28.4 Å². The fourth-order valence-corrected chi connectivity index (χ4v) is 6.06. The molecule has 10 heteroatoms. The first-order valence-corrected chi connectivity index (χ1v) is 13.4. The number of fused-ring (bicyclic) bond motifs is 2. The average Bonchev–Trinajstić information content (AvgIpc) is 3.39. The van der Waals surface area contributed by atoms with Crippen molar-refractivity contribution in [1.82, 2.24) is 4.98 Å². The first-order chi connectivity index (χ1) is 18.8. The van der Waals surface area contributed by atoms with Crippen LogP contribution in [0.25, 0.3) is 28.3 Å². The highest BCUT2D eigenvalue weighted by Crippen LogP contribution is 2.43. The summed E-state index contributed by atoms with van der Waals surface area (Å²) in [6.07, 6.45) is 0.0357. The number of nitro benzene ring substituents is 1. The van der Waals surface area contributed by atoms with Crippen molar-refractivity contribution in [2.45, 2.75) is 11.3 Å². The third kappa shape index (κ3) is 4.40. The lowest BCUT2D eigenvalue weighted by atomic mass is 10.1. The molecule has 0 amide bonds. The summed E-state index contributed by atoms with van der Waals surface area (Å²) < 4.78 is 44.8. The number of methoxy groups -OCH3 is 1. The van der Waals surface area contributed by atoms with E-state index in [9.17, 15) is 18.5 Å². The lowest BCUT2D eigenvalue weighted by Gasteiger charge is -2.24. The zero-order valence-corrected chi connectivity index (χ0v) is 21.3. The van der Waals surface area contributed by atoms with Crippen molar-refractivity contribution in [2.24, 2.45) is 0 Å². The molecule has 0 unspecified atom stereocenters.